The monoisotopic (exact) mass is 421 g/mol. The third-order valence-corrected chi connectivity index (χ3v) is 5.65. The number of rotatable bonds is 4. The van der Waals surface area contributed by atoms with Crippen molar-refractivity contribution in [2.45, 2.75) is 12.6 Å². The van der Waals surface area contributed by atoms with E-state index >= 15 is 0 Å². The first-order valence-electron chi connectivity index (χ1n) is 10.2. The Bertz CT molecular complexity index is 1350. The summed E-state index contributed by atoms with van der Waals surface area (Å²) in [5, 5.41) is 13.1. The molecule has 2 aromatic carbocycles. The summed E-state index contributed by atoms with van der Waals surface area (Å²) in [6, 6.07) is 21.2. The van der Waals surface area contributed by atoms with E-state index in [-0.39, 0.29) is 17.9 Å². The van der Waals surface area contributed by atoms with Gasteiger partial charge in [0.2, 0.25) is 0 Å². The second-order valence-electron chi connectivity index (χ2n) is 7.56. The van der Waals surface area contributed by atoms with Crippen molar-refractivity contribution in [3.63, 3.8) is 0 Å². The van der Waals surface area contributed by atoms with Gasteiger partial charge in [-0.15, -0.1) is 0 Å². The molecule has 3 heterocycles. The van der Waals surface area contributed by atoms with Crippen molar-refractivity contribution in [3.05, 3.63) is 114 Å². The van der Waals surface area contributed by atoms with Crippen molar-refractivity contribution < 1.29 is 14.7 Å². The fourth-order valence-corrected chi connectivity index (χ4v) is 4.15. The summed E-state index contributed by atoms with van der Waals surface area (Å²) in [5.74, 6) is -1.59. The van der Waals surface area contributed by atoms with Crippen LogP contribution in [0.5, 0.6) is 0 Å². The minimum Gasteiger partial charge on any atom is -0.507 e. The highest BCUT2D eigenvalue weighted by molar-refractivity contribution is 6.46. The molecule has 4 aromatic rings. The highest BCUT2D eigenvalue weighted by Crippen LogP contribution is 2.40. The van der Waals surface area contributed by atoms with Crippen molar-refractivity contribution in [3.8, 4) is 0 Å². The zero-order valence-electron chi connectivity index (χ0n) is 17.1. The summed E-state index contributed by atoms with van der Waals surface area (Å²) in [4.78, 5) is 36.2. The molecule has 6 heteroatoms. The number of aromatic nitrogens is 2. The molecule has 2 aromatic heterocycles. The average Bonchev–Trinajstić information content (AvgIpc) is 3.09. The normalized spacial score (nSPS) is 17.8. The van der Waals surface area contributed by atoms with E-state index in [9.17, 15) is 14.7 Å². The molecule has 1 aliphatic rings. The van der Waals surface area contributed by atoms with E-state index in [4.69, 9.17) is 0 Å². The minimum absolute atomic E-state index is 0.0408. The highest BCUT2D eigenvalue weighted by Gasteiger charge is 2.46. The summed E-state index contributed by atoms with van der Waals surface area (Å²) in [5.41, 5.74) is 1.89. The quantitative estimate of drug-likeness (QED) is 0.303. The zero-order valence-corrected chi connectivity index (χ0v) is 17.1. The van der Waals surface area contributed by atoms with Gasteiger partial charge >= 0.3 is 0 Å². The Kier molecular flexibility index (Phi) is 4.95. The van der Waals surface area contributed by atoms with Gasteiger partial charge in [0, 0.05) is 30.7 Å². The molecule has 1 amide bonds. The van der Waals surface area contributed by atoms with Crippen LogP contribution in [-0.2, 0) is 16.1 Å². The molecule has 1 atom stereocenters. The van der Waals surface area contributed by atoms with Gasteiger partial charge in [0.05, 0.1) is 11.3 Å². The molecule has 1 aliphatic heterocycles. The number of aliphatic hydroxyl groups is 1. The Labute approximate surface area is 184 Å². The molecule has 1 fully saturated rings. The number of benzene rings is 2. The van der Waals surface area contributed by atoms with Crippen LogP contribution >= 0.6 is 0 Å². The number of fused-ring (bicyclic) bond motifs is 1. The van der Waals surface area contributed by atoms with E-state index in [0.29, 0.717) is 11.3 Å². The van der Waals surface area contributed by atoms with Crippen LogP contribution in [0.15, 0.2) is 97.0 Å². The molecule has 5 rings (SSSR count). The van der Waals surface area contributed by atoms with E-state index in [2.05, 4.69) is 9.97 Å². The maximum Gasteiger partial charge on any atom is 0.296 e. The van der Waals surface area contributed by atoms with Gasteiger partial charge in [-0.3, -0.25) is 19.6 Å². The summed E-state index contributed by atoms with van der Waals surface area (Å²) in [7, 11) is 0. The smallest absolute Gasteiger partial charge is 0.296 e. The molecule has 156 valence electrons. The second-order valence-corrected chi connectivity index (χ2v) is 7.56. The standard InChI is InChI=1S/C26H19N3O3/c30-24(20-9-5-7-18-6-1-2-8-19(18)20)22-23(21-10-3-4-13-28-21)29(26(32)25(22)31)16-17-11-14-27-15-12-17/h1-15,23,30H,16H2/b24-22-. The van der Waals surface area contributed by atoms with Crippen LogP contribution in [0.2, 0.25) is 0 Å². The average molecular weight is 421 g/mol. The van der Waals surface area contributed by atoms with Crippen LogP contribution in [0, 0.1) is 0 Å². The summed E-state index contributed by atoms with van der Waals surface area (Å²) < 4.78 is 0. The maximum atomic E-state index is 13.2. The number of carbonyl (C=O) groups is 2. The minimum atomic E-state index is -0.802. The van der Waals surface area contributed by atoms with Crippen LogP contribution in [0.3, 0.4) is 0 Å². The van der Waals surface area contributed by atoms with Gasteiger partial charge in [-0.05, 0) is 40.6 Å². The molecule has 0 spiro atoms. The number of aliphatic hydroxyl groups excluding tert-OH is 1. The lowest BCUT2D eigenvalue weighted by atomic mass is 9.95. The summed E-state index contributed by atoms with van der Waals surface area (Å²) in [6.07, 6.45) is 4.88. The van der Waals surface area contributed by atoms with Crippen LogP contribution in [0.1, 0.15) is 22.9 Å². The van der Waals surface area contributed by atoms with E-state index in [1.807, 2.05) is 36.4 Å². The van der Waals surface area contributed by atoms with Crippen molar-refractivity contribution in [2.24, 2.45) is 0 Å². The number of nitrogens with zero attached hydrogens (tertiary/aromatic N) is 3. The Morgan fingerprint density at radius 3 is 2.41 bits per heavy atom. The highest BCUT2D eigenvalue weighted by atomic mass is 16.3. The third-order valence-electron chi connectivity index (χ3n) is 5.65. The van der Waals surface area contributed by atoms with E-state index in [1.54, 1.807) is 55.0 Å². The molecule has 0 saturated carbocycles. The predicted molar refractivity (Wildman–Crippen MR) is 120 cm³/mol. The molecule has 0 aliphatic carbocycles. The molecule has 0 radical (unpaired) electrons. The van der Waals surface area contributed by atoms with Gasteiger partial charge in [0.25, 0.3) is 11.7 Å². The summed E-state index contributed by atoms with van der Waals surface area (Å²) >= 11 is 0. The predicted octanol–water partition coefficient (Wildman–Crippen LogP) is 4.25. The lowest BCUT2D eigenvalue weighted by Crippen LogP contribution is -2.29. The Morgan fingerprint density at radius 2 is 1.62 bits per heavy atom. The van der Waals surface area contributed by atoms with E-state index < -0.39 is 17.7 Å². The van der Waals surface area contributed by atoms with E-state index in [1.165, 1.54) is 4.90 Å². The third kappa shape index (κ3) is 3.32. The number of amides is 1. The van der Waals surface area contributed by atoms with Gasteiger partial charge in [0.1, 0.15) is 11.8 Å². The van der Waals surface area contributed by atoms with Crippen LogP contribution in [0.4, 0.5) is 0 Å². The number of Topliss-reactive ketones (excluding diaryl/α,β-unsaturated/α-hetero) is 1. The molecule has 0 bridgehead atoms. The molecule has 1 unspecified atom stereocenters. The van der Waals surface area contributed by atoms with Crippen molar-refractivity contribution in [1.29, 1.82) is 0 Å². The van der Waals surface area contributed by atoms with Gasteiger partial charge in [-0.1, -0.05) is 48.5 Å². The topological polar surface area (TPSA) is 83.4 Å². The second kappa shape index (κ2) is 8.07. The van der Waals surface area contributed by atoms with Crippen LogP contribution in [0.25, 0.3) is 16.5 Å². The fourth-order valence-electron chi connectivity index (χ4n) is 4.15. The van der Waals surface area contributed by atoms with Crippen LogP contribution < -0.4 is 0 Å². The van der Waals surface area contributed by atoms with Crippen molar-refractivity contribution in [2.75, 3.05) is 0 Å². The van der Waals surface area contributed by atoms with Gasteiger partial charge in [0.15, 0.2) is 0 Å². The molecule has 6 nitrogen and oxygen atoms in total. The van der Waals surface area contributed by atoms with Gasteiger partial charge < -0.3 is 10.0 Å². The van der Waals surface area contributed by atoms with Gasteiger partial charge in [-0.2, -0.15) is 0 Å². The van der Waals surface area contributed by atoms with Gasteiger partial charge in [-0.25, -0.2) is 0 Å². The lowest BCUT2D eigenvalue weighted by molar-refractivity contribution is -0.140. The molecule has 1 saturated heterocycles. The SMILES string of the molecule is O=C1C(=O)N(Cc2ccncc2)C(c2ccccn2)/C1=C(/O)c1cccc2ccccc12. The number of hydrogen-bond donors (Lipinski definition) is 1. The van der Waals surface area contributed by atoms with Crippen LogP contribution in [-0.4, -0.2) is 31.7 Å². The molecular weight excluding hydrogens is 402 g/mol. The maximum absolute atomic E-state index is 13.2. The zero-order chi connectivity index (χ0) is 22.1. The lowest BCUT2D eigenvalue weighted by Gasteiger charge is -2.24. The Hall–Kier alpha value is -4.32. The van der Waals surface area contributed by atoms with Crippen molar-refractivity contribution in [1.82, 2.24) is 14.9 Å². The fraction of sp³-hybridized carbons (Fsp3) is 0.0769. The molecular formula is C26H19N3O3. The number of hydrogen-bond acceptors (Lipinski definition) is 5. The largest absolute Gasteiger partial charge is 0.507 e. The summed E-state index contributed by atoms with van der Waals surface area (Å²) in [6.45, 7) is 0.195. The number of pyridine rings is 2. The Balaban J connectivity index is 1.70. The Morgan fingerprint density at radius 1 is 0.875 bits per heavy atom. The van der Waals surface area contributed by atoms with E-state index in [0.717, 1.165) is 16.3 Å². The van der Waals surface area contributed by atoms with Crippen molar-refractivity contribution >= 4 is 28.2 Å². The number of likely N-dealkylation sites (tertiary alicyclic amines) is 1. The first-order chi connectivity index (χ1) is 15.6. The molecule has 32 heavy (non-hydrogen) atoms. The first-order valence-corrected chi connectivity index (χ1v) is 10.2. The number of carbonyl (C=O) groups excluding carboxylic acids is 2. The first kappa shape index (κ1) is 19.6. The number of ketones is 1. The molecule has 1 N–H and O–H groups in total.